The molecule has 2 aromatic carbocycles. The fourth-order valence-corrected chi connectivity index (χ4v) is 4.62. The molecule has 1 aliphatic rings. The highest BCUT2D eigenvalue weighted by atomic mass is 35.5. The van der Waals surface area contributed by atoms with Gasteiger partial charge in [0.2, 0.25) is 0 Å². The summed E-state index contributed by atoms with van der Waals surface area (Å²) in [5, 5.41) is 10.7. The largest absolute Gasteiger partial charge is 0.330 e. The van der Waals surface area contributed by atoms with Crippen molar-refractivity contribution in [2.75, 3.05) is 13.6 Å². The van der Waals surface area contributed by atoms with Crippen molar-refractivity contribution in [3.8, 4) is 0 Å². The fourth-order valence-electron chi connectivity index (χ4n) is 3.33. The first-order valence-corrected chi connectivity index (χ1v) is 9.48. The molecule has 0 aliphatic carbocycles. The molecule has 0 fully saturated rings. The summed E-state index contributed by atoms with van der Waals surface area (Å²) in [5.74, 6) is -0.508. The van der Waals surface area contributed by atoms with Gasteiger partial charge in [-0.3, -0.25) is 14.9 Å². The van der Waals surface area contributed by atoms with Crippen molar-refractivity contribution in [3.63, 3.8) is 0 Å². The van der Waals surface area contributed by atoms with E-state index >= 15 is 0 Å². The Morgan fingerprint density at radius 2 is 2.00 bits per heavy atom. The molecule has 1 aromatic heterocycles. The van der Waals surface area contributed by atoms with Crippen LogP contribution in [0.4, 0.5) is 0 Å². The van der Waals surface area contributed by atoms with Crippen LogP contribution in [0.5, 0.6) is 0 Å². The van der Waals surface area contributed by atoms with Crippen LogP contribution in [0.3, 0.4) is 0 Å². The molecular weight excluding hydrogens is 370 g/mol. The number of likely N-dealkylation sites (N-methyl/N-ethyl adjacent to an activating group) is 1. The van der Waals surface area contributed by atoms with Crippen LogP contribution in [0.25, 0.3) is 10.9 Å². The first-order valence-electron chi connectivity index (χ1n) is 8.28. The van der Waals surface area contributed by atoms with Gasteiger partial charge >= 0.3 is 0 Å². The minimum Gasteiger partial charge on any atom is -0.330 e. The number of hydrogen-bond acceptors (Lipinski definition) is 4. The van der Waals surface area contributed by atoms with Crippen LogP contribution in [0.15, 0.2) is 52.3 Å². The fraction of sp³-hybridized carbons (Fsp3) is 0.211. The lowest BCUT2D eigenvalue weighted by atomic mass is 10.2. The lowest BCUT2D eigenvalue weighted by Crippen LogP contribution is -2.30. The van der Waals surface area contributed by atoms with Gasteiger partial charge in [0.1, 0.15) is 0 Å². The van der Waals surface area contributed by atoms with Crippen LogP contribution < -0.4 is 5.48 Å². The van der Waals surface area contributed by atoms with Gasteiger partial charge < -0.3 is 4.57 Å². The number of nitrogens with one attached hydrogen (secondary N) is 1. The van der Waals surface area contributed by atoms with E-state index in [4.69, 9.17) is 16.8 Å². The number of carbonyl (C=O) groups is 1. The maximum Gasteiger partial charge on any atom is 0.274 e. The number of fused-ring (bicyclic) bond motifs is 3. The Balaban J connectivity index is 1.76. The molecular formula is C19H18ClN3O2S. The summed E-state index contributed by atoms with van der Waals surface area (Å²) in [6, 6.07) is 13.3. The van der Waals surface area contributed by atoms with E-state index in [1.54, 1.807) is 29.4 Å². The van der Waals surface area contributed by atoms with Crippen molar-refractivity contribution in [3.05, 3.63) is 58.7 Å². The molecule has 2 heterocycles. The van der Waals surface area contributed by atoms with Gasteiger partial charge in [0.05, 0.1) is 12.2 Å². The summed E-state index contributed by atoms with van der Waals surface area (Å²) in [5.41, 5.74) is 4.55. The van der Waals surface area contributed by atoms with E-state index in [2.05, 4.69) is 22.6 Å². The lowest BCUT2D eigenvalue weighted by Gasteiger charge is -2.26. The standard InChI is InChI=1S/C19H18ClN3O2S/c1-22-9-8-16-18(15-7-4-13(20)10-17(15)23(16)11-22)26-14-5-2-12(3-6-14)19(24)21-25/h2-7,10,25H,8-9,11H2,1H3,(H,21,24). The molecule has 5 nitrogen and oxygen atoms in total. The van der Waals surface area contributed by atoms with Crippen LogP contribution in [0.1, 0.15) is 16.1 Å². The predicted octanol–water partition coefficient (Wildman–Crippen LogP) is 4.01. The molecule has 7 heteroatoms. The van der Waals surface area contributed by atoms with E-state index in [0.29, 0.717) is 5.56 Å². The molecule has 0 radical (unpaired) electrons. The number of benzene rings is 2. The number of nitrogens with zero attached hydrogens (tertiary/aromatic N) is 2. The predicted molar refractivity (Wildman–Crippen MR) is 103 cm³/mol. The van der Waals surface area contributed by atoms with Gasteiger partial charge in [0.25, 0.3) is 5.91 Å². The summed E-state index contributed by atoms with van der Waals surface area (Å²) >= 11 is 7.93. The molecule has 0 atom stereocenters. The molecule has 0 bridgehead atoms. The van der Waals surface area contributed by atoms with Crippen LogP contribution in [-0.4, -0.2) is 34.2 Å². The average Bonchev–Trinajstić information content (AvgIpc) is 2.94. The van der Waals surface area contributed by atoms with Crippen molar-refractivity contribution in [2.45, 2.75) is 22.9 Å². The Bertz CT molecular complexity index is 985. The highest BCUT2D eigenvalue weighted by molar-refractivity contribution is 7.99. The van der Waals surface area contributed by atoms with E-state index in [1.165, 1.54) is 16.0 Å². The van der Waals surface area contributed by atoms with Gasteiger partial charge in [-0.05, 0) is 43.4 Å². The number of halogens is 1. The third-order valence-electron chi connectivity index (χ3n) is 4.63. The maximum absolute atomic E-state index is 11.5. The molecule has 0 saturated heterocycles. The Morgan fingerprint density at radius 1 is 1.23 bits per heavy atom. The Kier molecular flexibility index (Phi) is 4.67. The third kappa shape index (κ3) is 3.10. The van der Waals surface area contributed by atoms with E-state index in [0.717, 1.165) is 35.1 Å². The Hall–Kier alpha value is -1.99. The summed E-state index contributed by atoms with van der Waals surface area (Å²) in [6.45, 7) is 1.87. The van der Waals surface area contributed by atoms with Crippen molar-refractivity contribution in [1.82, 2.24) is 14.9 Å². The minimum absolute atomic E-state index is 0.425. The quantitative estimate of drug-likeness (QED) is 0.526. The smallest absolute Gasteiger partial charge is 0.274 e. The van der Waals surface area contributed by atoms with Crippen LogP contribution in [0, 0.1) is 0 Å². The van der Waals surface area contributed by atoms with Crippen LogP contribution >= 0.6 is 23.4 Å². The van der Waals surface area contributed by atoms with Crippen molar-refractivity contribution < 1.29 is 10.0 Å². The second-order valence-corrected chi connectivity index (χ2v) is 7.92. The molecule has 0 saturated carbocycles. The number of aromatic nitrogens is 1. The summed E-state index contributed by atoms with van der Waals surface area (Å²) in [7, 11) is 2.12. The lowest BCUT2D eigenvalue weighted by molar-refractivity contribution is 0.0706. The number of rotatable bonds is 3. The third-order valence-corrected chi connectivity index (χ3v) is 6.04. The monoisotopic (exact) mass is 387 g/mol. The van der Waals surface area contributed by atoms with Crippen LogP contribution in [-0.2, 0) is 13.1 Å². The zero-order chi connectivity index (χ0) is 18.3. The van der Waals surface area contributed by atoms with E-state index in [-0.39, 0.29) is 0 Å². The molecule has 134 valence electrons. The first-order chi connectivity index (χ1) is 12.6. The molecule has 0 unspecified atom stereocenters. The second-order valence-electron chi connectivity index (χ2n) is 6.40. The van der Waals surface area contributed by atoms with Gasteiger partial charge in [0.15, 0.2) is 0 Å². The van der Waals surface area contributed by atoms with Crippen LogP contribution in [0.2, 0.25) is 5.02 Å². The number of hydrogen-bond donors (Lipinski definition) is 2. The zero-order valence-corrected chi connectivity index (χ0v) is 15.8. The van der Waals surface area contributed by atoms with Gasteiger partial charge in [-0.15, -0.1) is 0 Å². The highest BCUT2D eigenvalue weighted by Crippen LogP contribution is 2.40. The van der Waals surface area contributed by atoms with E-state index in [9.17, 15) is 4.79 Å². The molecule has 3 aromatic rings. The van der Waals surface area contributed by atoms with Gasteiger partial charge in [-0.25, -0.2) is 5.48 Å². The minimum atomic E-state index is -0.508. The van der Waals surface area contributed by atoms with E-state index in [1.807, 2.05) is 24.3 Å². The van der Waals surface area contributed by atoms with Crippen molar-refractivity contribution >= 4 is 40.2 Å². The maximum atomic E-state index is 11.5. The number of carbonyl (C=O) groups excluding carboxylic acids is 1. The van der Waals surface area contributed by atoms with E-state index < -0.39 is 5.91 Å². The Morgan fingerprint density at radius 3 is 2.73 bits per heavy atom. The summed E-state index contributed by atoms with van der Waals surface area (Å²) < 4.78 is 2.33. The first kappa shape index (κ1) is 17.4. The van der Waals surface area contributed by atoms with Crippen molar-refractivity contribution in [2.24, 2.45) is 0 Å². The molecule has 1 amide bonds. The molecule has 0 spiro atoms. The zero-order valence-electron chi connectivity index (χ0n) is 14.2. The molecule has 26 heavy (non-hydrogen) atoms. The topological polar surface area (TPSA) is 57.5 Å². The normalized spacial score (nSPS) is 14.4. The average molecular weight is 388 g/mol. The molecule has 1 aliphatic heterocycles. The van der Waals surface area contributed by atoms with Crippen molar-refractivity contribution in [1.29, 1.82) is 0 Å². The number of amides is 1. The number of hydroxylamine groups is 1. The molecule has 4 rings (SSSR count). The SMILES string of the molecule is CN1CCc2c(Sc3ccc(C(=O)NO)cc3)c3ccc(Cl)cc3n2C1. The van der Waals surface area contributed by atoms with Gasteiger partial charge in [-0.2, -0.15) is 0 Å². The molecule has 2 N–H and O–H groups in total. The highest BCUT2D eigenvalue weighted by Gasteiger charge is 2.22. The summed E-state index contributed by atoms with van der Waals surface area (Å²) in [6.07, 6.45) is 0.982. The second kappa shape index (κ2) is 6.96. The van der Waals surface area contributed by atoms with Gasteiger partial charge in [0, 0.05) is 44.4 Å². The Labute approximate surface area is 160 Å². The summed E-state index contributed by atoms with van der Waals surface area (Å²) in [4.78, 5) is 16.1. The van der Waals surface area contributed by atoms with Gasteiger partial charge in [-0.1, -0.05) is 29.4 Å².